The first-order valence-corrected chi connectivity index (χ1v) is 20.0. The summed E-state index contributed by atoms with van der Waals surface area (Å²) in [6.07, 6.45) is 1.20. The molecule has 2 aliphatic heterocycles. The first-order chi connectivity index (χ1) is 21.4. The summed E-state index contributed by atoms with van der Waals surface area (Å²) in [5.74, 6) is 0.391. The van der Waals surface area contributed by atoms with E-state index in [2.05, 4.69) is 99.4 Å². The Bertz CT molecular complexity index is 1160. The summed E-state index contributed by atoms with van der Waals surface area (Å²) in [5.41, 5.74) is 9.14. The van der Waals surface area contributed by atoms with E-state index >= 15 is 0 Å². The van der Waals surface area contributed by atoms with E-state index in [0.29, 0.717) is 12.5 Å². The van der Waals surface area contributed by atoms with Gasteiger partial charge in [-0.3, -0.25) is 0 Å². The Balaban J connectivity index is 0.000000355. The molecule has 2 fully saturated rings. The van der Waals surface area contributed by atoms with Gasteiger partial charge >= 0.3 is 0 Å². The van der Waals surface area contributed by atoms with Crippen molar-refractivity contribution in [1.82, 2.24) is 0 Å². The van der Waals surface area contributed by atoms with Gasteiger partial charge in [-0.25, -0.2) is 0 Å². The normalized spacial score (nSPS) is 32.2. The summed E-state index contributed by atoms with van der Waals surface area (Å²) in [5, 5.41) is 34.5. The summed E-state index contributed by atoms with van der Waals surface area (Å²) >= 11 is 3.19. The van der Waals surface area contributed by atoms with Crippen molar-refractivity contribution >= 4 is 42.2 Å². The molecule has 0 bridgehead atoms. The van der Waals surface area contributed by atoms with Crippen molar-refractivity contribution in [3.8, 4) is 0 Å². The van der Waals surface area contributed by atoms with Gasteiger partial charge in [0.2, 0.25) is 0 Å². The van der Waals surface area contributed by atoms with Crippen LogP contribution in [0.5, 0.6) is 0 Å². The minimum Gasteiger partial charge on any atom is -0.405 e. The number of azide groups is 1. The lowest BCUT2D eigenvalue weighted by Gasteiger charge is -2.46. The van der Waals surface area contributed by atoms with Crippen molar-refractivity contribution in [1.29, 1.82) is 0 Å². The summed E-state index contributed by atoms with van der Waals surface area (Å²) in [6, 6.07) is 20.9. The number of thioether (sulfide) groups is 2. The van der Waals surface area contributed by atoms with Crippen LogP contribution in [0.4, 0.5) is 0 Å². The maximum atomic E-state index is 9.59. The average molecular weight is 678 g/mol. The van der Waals surface area contributed by atoms with E-state index in [1.165, 1.54) is 22.1 Å². The topological polar surface area (TPSA) is 137 Å². The van der Waals surface area contributed by atoms with E-state index in [1.54, 1.807) is 11.8 Å². The van der Waals surface area contributed by atoms with Gasteiger partial charge in [0.05, 0.1) is 31.5 Å². The number of aliphatic hydroxyl groups excluding tert-OH is 3. The van der Waals surface area contributed by atoms with E-state index in [-0.39, 0.29) is 46.5 Å². The molecule has 0 saturated carbocycles. The fourth-order valence-corrected chi connectivity index (χ4v) is 12.7. The first-order valence-electron chi connectivity index (χ1n) is 15.5. The molecule has 0 aliphatic carbocycles. The fraction of sp³-hybridized carbons (Fsp3) is 0.636. The van der Waals surface area contributed by atoms with Crippen molar-refractivity contribution in [2.24, 2.45) is 22.9 Å². The predicted octanol–water partition coefficient (Wildman–Crippen LogP) is 5.03. The molecule has 9 nitrogen and oxygen atoms in total. The summed E-state index contributed by atoms with van der Waals surface area (Å²) in [7, 11) is -2.68. The molecule has 2 aliphatic rings. The Morgan fingerprint density at radius 3 is 1.76 bits per heavy atom. The quantitative estimate of drug-likeness (QED) is 0.146. The van der Waals surface area contributed by atoms with Gasteiger partial charge < -0.3 is 29.2 Å². The summed E-state index contributed by atoms with van der Waals surface area (Å²) < 4.78 is 18.9. The maximum absolute atomic E-state index is 9.59. The molecule has 0 spiro atoms. The lowest BCUT2D eigenvalue weighted by molar-refractivity contribution is -0.181. The van der Waals surface area contributed by atoms with Crippen LogP contribution in [0.1, 0.15) is 41.5 Å². The van der Waals surface area contributed by atoms with E-state index in [4.69, 9.17) is 19.0 Å². The zero-order valence-electron chi connectivity index (χ0n) is 27.7. The second-order valence-electron chi connectivity index (χ2n) is 13.0. The van der Waals surface area contributed by atoms with Crippen LogP contribution in [0.2, 0.25) is 5.04 Å². The van der Waals surface area contributed by atoms with Crippen molar-refractivity contribution in [3.05, 3.63) is 71.1 Å². The van der Waals surface area contributed by atoms with Crippen molar-refractivity contribution in [3.63, 3.8) is 0 Å². The molecule has 0 amide bonds. The number of benzene rings is 2. The summed E-state index contributed by atoms with van der Waals surface area (Å²) in [6.45, 7) is 13.1. The molecule has 4 unspecified atom stereocenters. The monoisotopic (exact) mass is 677 g/mol. The standard InChI is InChI=1S/C25H35N3O2SSi.C8H16O4S/c1-18-19(2)24(31-6)30-22(23(18)27-28-26)17-29-32(25(3,4)5,20-13-9-7-10-14-20)21-15-11-8-12-16-21;1-4-6(10)7(11)5(3-9)12-8(4)13-2/h7-16,18-19,22-24H,17H2,1-6H3;4-11H,3H2,1-2H3/t18-,19?,22?,23-,24+;4?,5?,6-,7-,8+/m11/s1. The third-order valence-electron chi connectivity index (χ3n) is 9.21. The number of hydrogen-bond acceptors (Lipinski definition) is 9. The minimum absolute atomic E-state index is 0.0582. The van der Waals surface area contributed by atoms with Gasteiger partial charge in [-0.2, -0.15) is 0 Å². The van der Waals surface area contributed by atoms with Crippen molar-refractivity contribution < 1.29 is 29.2 Å². The lowest BCUT2D eigenvalue weighted by Crippen LogP contribution is -2.67. The van der Waals surface area contributed by atoms with E-state index < -0.39 is 26.6 Å². The van der Waals surface area contributed by atoms with Crippen LogP contribution < -0.4 is 10.4 Å². The number of hydrogen-bond donors (Lipinski definition) is 3. The highest BCUT2D eigenvalue weighted by Gasteiger charge is 2.51. The molecule has 4 rings (SSSR count). The van der Waals surface area contributed by atoms with Crippen LogP contribution in [-0.2, 0) is 13.9 Å². The van der Waals surface area contributed by atoms with Crippen LogP contribution in [0.25, 0.3) is 10.4 Å². The molecule has 2 aromatic carbocycles. The van der Waals surface area contributed by atoms with E-state index in [1.807, 2.05) is 25.3 Å². The van der Waals surface area contributed by atoms with Crippen molar-refractivity contribution in [2.45, 2.75) is 87.9 Å². The number of nitrogens with zero attached hydrogens (tertiary/aromatic N) is 3. The van der Waals surface area contributed by atoms with Gasteiger partial charge in [-0.15, -0.1) is 23.5 Å². The van der Waals surface area contributed by atoms with Gasteiger partial charge in [-0.05, 0) is 45.3 Å². The van der Waals surface area contributed by atoms with Gasteiger partial charge in [-0.1, -0.05) is 107 Å². The Labute approximate surface area is 278 Å². The molecular weight excluding hydrogens is 627 g/mol. The smallest absolute Gasteiger partial charge is 0.261 e. The van der Waals surface area contributed by atoms with Crippen LogP contribution in [-0.4, -0.2) is 90.7 Å². The van der Waals surface area contributed by atoms with Crippen LogP contribution in [0, 0.1) is 17.8 Å². The highest BCUT2D eigenvalue weighted by Crippen LogP contribution is 2.40. The minimum atomic E-state index is -2.68. The zero-order valence-corrected chi connectivity index (χ0v) is 30.3. The van der Waals surface area contributed by atoms with E-state index in [0.717, 1.165) is 0 Å². The molecule has 0 radical (unpaired) electrons. The van der Waals surface area contributed by atoms with E-state index in [9.17, 15) is 15.7 Å². The Morgan fingerprint density at radius 2 is 1.31 bits per heavy atom. The summed E-state index contributed by atoms with van der Waals surface area (Å²) in [4.78, 5) is 3.15. The lowest BCUT2D eigenvalue weighted by atomic mass is 9.84. The molecule has 2 aromatic rings. The second-order valence-corrected chi connectivity index (χ2v) is 19.1. The highest BCUT2D eigenvalue weighted by atomic mass is 32.2. The zero-order chi connectivity index (χ0) is 33.4. The first kappa shape index (κ1) is 37.9. The molecule has 0 aromatic heterocycles. The van der Waals surface area contributed by atoms with Gasteiger partial charge in [0.1, 0.15) is 23.1 Å². The molecule has 2 saturated heterocycles. The molecule has 45 heavy (non-hydrogen) atoms. The maximum Gasteiger partial charge on any atom is 0.261 e. The van der Waals surface area contributed by atoms with Gasteiger partial charge in [0.15, 0.2) is 0 Å². The fourth-order valence-electron chi connectivity index (χ4n) is 6.38. The molecule has 2 heterocycles. The predicted molar refractivity (Wildman–Crippen MR) is 187 cm³/mol. The van der Waals surface area contributed by atoms with Crippen molar-refractivity contribution in [2.75, 3.05) is 25.7 Å². The Hall–Kier alpha value is -1.57. The van der Waals surface area contributed by atoms with Crippen LogP contribution in [0.15, 0.2) is 65.8 Å². The number of rotatable bonds is 9. The third-order valence-corrected chi connectivity index (χ3v) is 16.2. The molecule has 250 valence electrons. The molecule has 10 atom stereocenters. The second kappa shape index (κ2) is 17.0. The number of ether oxygens (including phenoxy) is 2. The van der Waals surface area contributed by atoms with Gasteiger partial charge in [0, 0.05) is 10.8 Å². The van der Waals surface area contributed by atoms with Crippen LogP contribution >= 0.6 is 23.5 Å². The SMILES string of the molecule is CS[C@@H]1OC(CO)[C@@H](O)[C@H](O)C1C.CS[C@@H]1OC(CO[Si](c2ccccc2)(c2ccccc2)C(C)(C)C)[C@H](N=[N+]=[N-])[C@H](C)C1C. The highest BCUT2D eigenvalue weighted by molar-refractivity contribution is 7.99. The van der Waals surface area contributed by atoms with Crippen LogP contribution in [0.3, 0.4) is 0 Å². The largest absolute Gasteiger partial charge is 0.405 e. The molecule has 12 heteroatoms. The van der Waals surface area contributed by atoms with Gasteiger partial charge in [0.25, 0.3) is 8.32 Å². The average Bonchev–Trinajstić information content (AvgIpc) is 3.04. The Morgan fingerprint density at radius 1 is 0.822 bits per heavy atom. The number of aliphatic hydroxyl groups is 3. The third kappa shape index (κ3) is 8.48. The Kier molecular flexibility index (Phi) is 14.3. The molecule has 3 N–H and O–H groups in total. The molecular formula is C33H51N3O6S2Si.